The van der Waals surface area contributed by atoms with Gasteiger partial charge in [-0.1, -0.05) is 78.9 Å². The molecule has 70 heavy (non-hydrogen) atoms. The van der Waals surface area contributed by atoms with Crippen molar-refractivity contribution >= 4 is 29.8 Å². The lowest BCUT2D eigenvalue weighted by Crippen LogP contribution is -2.40. The van der Waals surface area contributed by atoms with Crippen molar-refractivity contribution in [2.45, 2.75) is 81.8 Å². The lowest BCUT2D eigenvalue weighted by Gasteiger charge is -2.41. The molecule has 0 aliphatic carbocycles. The van der Waals surface area contributed by atoms with Crippen LogP contribution in [0.4, 0.5) is 5.69 Å². The van der Waals surface area contributed by atoms with Gasteiger partial charge in [0.05, 0.1) is 18.1 Å². The molecule has 5 heterocycles. The minimum absolute atomic E-state index is 0.0363. The number of nitrogens with one attached hydrogen (secondary N) is 2. The normalized spacial score (nSPS) is 22.0. The molecule has 2 saturated heterocycles. The van der Waals surface area contributed by atoms with E-state index >= 15 is 4.57 Å². The molecule has 2 N–H and O–H groups in total. The number of non-ortho nitro benzene ring substituents is 1. The summed E-state index contributed by atoms with van der Waals surface area (Å²) in [7, 11) is 0. The van der Waals surface area contributed by atoms with Crippen LogP contribution in [0.2, 0.25) is 0 Å². The summed E-state index contributed by atoms with van der Waals surface area (Å²) in [6, 6.07) is 30.0. The maximum atomic E-state index is 15.5. The summed E-state index contributed by atoms with van der Waals surface area (Å²) in [5.74, 6) is 0.388. The van der Waals surface area contributed by atoms with Gasteiger partial charge >= 0.3 is 24.1 Å². The monoisotopic (exact) mass is 995 g/mol. The first-order valence-electron chi connectivity index (χ1n) is 22.1. The van der Waals surface area contributed by atoms with E-state index in [9.17, 15) is 34.1 Å². The highest BCUT2D eigenvalue weighted by Crippen LogP contribution is 2.64. The van der Waals surface area contributed by atoms with E-state index in [2.05, 4.69) is 9.97 Å². The van der Waals surface area contributed by atoms with Crippen LogP contribution < -0.4 is 27.2 Å². The molecule has 364 valence electrons. The summed E-state index contributed by atoms with van der Waals surface area (Å²) >= 11 is 0.764. The fraction of sp³-hybridized carbons (Fsp3) is 0.312. The quantitative estimate of drug-likeness (QED) is 0.0444. The highest BCUT2D eigenvalue weighted by Gasteiger charge is 2.49. The number of nitro benzene ring substituents is 1. The predicted octanol–water partition coefficient (Wildman–Crippen LogP) is 6.68. The number of carbonyl (C=O) groups excluding carboxylic acids is 1. The second-order valence-electron chi connectivity index (χ2n) is 16.9. The average Bonchev–Trinajstić information content (AvgIpc) is 3.94. The Bertz CT molecular complexity index is 3190. The van der Waals surface area contributed by atoms with Gasteiger partial charge in [0.2, 0.25) is 0 Å². The van der Waals surface area contributed by atoms with Crippen molar-refractivity contribution in [3.63, 3.8) is 0 Å². The van der Waals surface area contributed by atoms with Crippen LogP contribution in [0.3, 0.4) is 0 Å². The molecule has 1 unspecified atom stereocenters. The highest BCUT2D eigenvalue weighted by atomic mass is 32.7. The maximum Gasteiger partial charge on any atom is 0.389 e. The third-order valence-electron chi connectivity index (χ3n) is 12.2. The molecular weight excluding hydrogens is 950 g/mol. The third-order valence-corrected chi connectivity index (χ3v) is 15.9. The van der Waals surface area contributed by atoms with Gasteiger partial charge < -0.3 is 23.7 Å². The Kier molecular flexibility index (Phi) is 13.8. The highest BCUT2D eigenvalue weighted by molar-refractivity contribution is 8.54. The predicted molar refractivity (Wildman–Crippen MR) is 253 cm³/mol. The number of aromatic nitrogens is 4. The molecule has 20 nitrogen and oxygen atoms in total. The number of esters is 1. The van der Waals surface area contributed by atoms with Gasteiger partial charge in [-0.05, 0) is 48.5 Å². The fourth-order valence-corrected chi connectivity index (χ4v) is 12.2. The number of rotatable bonds is 16. The number of carbonyl (C=O) groups is 1. The van der Waals surface area contributed by atoms with Gasteiger partial charge in [0.1, 0.15) is 48.4 Å². The van der Waals surface area contributed by atoms with Crippen molar-refractivity contribution in [2.75, 3.05) is 13.2 Å². The van der Waals surface area contributed by atoms with E-state index in [1.54, 1.807) is 0 Å². The molecular formula is C48H46N5O15PS. The SMILES string of the molecule is CC(=O)O[C@H]1C[C@H](n2cc(C)c(=O)[nH]c2=O)O[C@@H]1COP(=O)(O[C@H]1C[C@H](n2cc(C)c(=O)[nH]c2=O)O[C@@H]1COC1(c2ccccc2)c2ccccc2Oc2ccccc21)SCc1ccc([N+](=O)[O-])cc1. The third kappa shape index (κ3) is 9.86. The molecule has 2 fully saturated rings. The topological polar surface area (TPSA) is 252 Å². The first kappa shape index (κ1) is 48.3. The Morgan fingerprint density at radius 3 is 1.86 bits per heavy atom. The summed E-state index contributed by atoms with van der Waals surface area (Å²) in [6.45, 7) is -0.968. The summed E-state index contributed by atoms with van der Waals surface area (Å²) in [5.41, 5.74) is -1.05. The average molecular weight is 996 g/mol. The number of nitro groups is 1. The van der Waals surface area contributed by atoms with Crippen molar-refractivity contribution in [2.24, 2.45) is 0 Å². The second kappa shape index (κ2) is 20.0. The van der Waals surface area contributed by atoms with Crippen LogP contribution in [0.25, 0.3) is 0 Å². The number of nitrogens with zero attached hydrogens (tertiary/aromatic N) is 3. The molecule has 3 aliphatic rings. The molecule has 0 amide bonds. The van der Waals surface area contributed by atoms with Gasteiger partial charge in [-0.3, -0.25) is 52.6 Å². The lowest BCUT2D eigenvalue weighted by molar-refractivity contribution is -0.384. The van der Waals surface area contributed by atoms with Crippen molar-refractivity contribution in [1.29, 1.82) is 0 Å². The van der Waals surface area contributed by atoms with Crippen LogP contribution in [0.5, 0.6) is 11.5 Å². The number of hydrogen-bond acceptors (Lipinski definition) is 16. The molecule has 7 atom stereocenters. The molecule has 0 bridgehead atoms. The summed E-state index contributed by atoms with van der Waals surface area (Å²) in [5, 5.41) is 11.5. The summed E-state index contributed by atoms with van der Waals surface area (Å²) < 4.78 is 62.7. The van der Waals surface area contributed by atoms with Crippen molar-refractivity contribution < 1.29 is 47.0 Å². The van der Waals surface area contributed by atoms with E-state index < -0.39 is 89.3 Å². The van der Waals surface area contributed by atoms with Crippen LogP contribution in [-0.4, -0.2) is 67.6 Å². The zero-order valence-corrected chi connectivity index (χ0v) is 39.5. The molecule has 22 heteroatoms. The summed E-state index contributed by atoms with van der Waals surface area (Å²) in [6.07, 6.45) is -3.93. The number of ether oxygens (including phenoxy) is 5. The molecule has 0 radical (unpaired) electrons. The van der Waals surface area contributed by atoms with E-state index in [-0.39, 0.29) is 42.0 Å². The molecule has 0 saturated carbocycles. The van der Waals surface area contributed by atoms with E-state index in [1.807, 2.05) is 78.9 Å². The van der Waals surface area contributed by atoms with Gasteiger partial charge in [0.25, 0.3) is 16.8 Å². The Morgan fingerprint density at radius 2 is 1.30 bits per heavy atom. The second-order valence-corrected chi connectivity index (χ2v) is 20.9. The fourth-order valence-electron chi connectivity index (χ4n) is 8.77. The van der Waals surface area contributed by atoms with Crippen LogP contribution in [0.1, 0.15) is 65.6 Å². The number of H-pyrrole nitrogens is 2. The molecule has 4 aromatic carbocycles. The van der Waals surface area contributed by atoms with Crippen LogP contribution >= 0.6 is 18.2 Å². The van der Waals surface area contributed by atoms with Gasteiger partial charge in [-0.15, -0.1) is 0 Å². The smallest absolute Gasteiger partial charge is 0.389 e. The van der Waals surface area contributed by atoms with Crippen molar-refractivity contribution in [3.8, 4) is 11.5 Å². The summed E-state index contributed by atoms with van der Waals surface area (Å²) in [4.78, 5) is 78.8. The molecule has 3 aliphatic heterocycles. The number of aryl methyl sites for hydroxylation is 2. The lowest BCUT2D eigenvalue weighted by atomic mass is 9.77. The van der Waals surface area contributed by atoms with Crippen molar-refractivity contribution in [3.05, 3.63) is 201 Å². The Morgan fingerprint density at radius 1 is 0.771 bits per heavy atom. The number of aromatic amines is 2. The number of hydrogen-bond donors (Lipinski definition) is 2. The zero-order valence-electron chi connectivity index (χ0n) is 37.8. The first-order chi connectivity index (χ1) is 33.6. The zero-order chi connectivity index (χ0) is 49.3. The van der Waals surface area contributed by atoms with Gasteiger partial charge in [0, 0.05) is 72.3 Å². The van der Waals surface area contributed by atoms with E-state index in [1.165, 1.54) is 62.0 Å². The maximum absolute atomic E-state index is 15.5. The van der Waals surface area contributed by atoms with Crippen LogP contribution in [-0.2, 0) is 48.7 Å². The Balaban J connectivity index is 1.07. The van der Waals surface area contributed by atoms with Gasteiger partial charge in [-0.25, -0.2) is 14.2 Å². The van der Waals surface area contributed by atoms with E-state index in [0.29, 0.717) is 28.2 Å². The molecule has 2 aromatic heterocycles. The van der Waals surface area contributed by atoms with Gasteiger partial charge in [0.15, 0.2) is 5.60 Å². The standard InChI is InChI=1S/C48H46N5O15PS/c1-28-23-51(46(57)49-44(28)55)42-21-38(64-30(3)54)41(67-42)26-63-69(61,70-27-31-17-19-33(20-18-31)53(59)60)68-39-22-43(52-24-29(2)45(56)50-47(52)58)66-40(39)25-62-48(32-11-5-4-6-12-32)34-13-7-9-15-36(34)65-37-16-10-8-14-35(37)48/h4-20,23-24,38-43H,21-22,25-27H2,1-3H3,(H,49,55,57)(H,50,56,58)/t38-,39-,40+,41+,42+,43+,69?/m0/s1. The Hall–Kier alpha value is -6.71. The molecule has 6 aromatic rings. The minimum atomic E-state index is -4.47. The molecule has 0 spiro atoms. The van der Waals surface area contributed by atoms with E-state index in [0.717, 1.165) is 21.5 Å². The van der Waals surface area contributed by atoms with E-state index in [4.69, 9.17) is 32.7 Å². The number of para-hydroxylation sites is 2. The van der Waals surface area contributed by atoms with Crippen LogP contribution in [0, 0.1) is 24.0 Å². The molecule has 9 rings (SSSR count). The Labute approximate surface area is 401 Å². The number of benzene rings is 4. The van der Waals surface area contributed by atoms with Crippen LogP contribution in [0.15, 0.2) is 135 Å². The van der Waals surface area contributed by atoms with Crippen molar-refractivity contribution in [1.82, 2.24) is 19.1 Å². The number of fused-ring (bicyclic) bond motifs is 2. The largest absolute Gasteiger partial charge is 0.460 e. The first-order valence-corrected chi connectivity index (χ1v) is 25.2. The van der Waals surface area contributed by atoms with Gasteiger partial charge in [-0.2, -0.15) is 0 Å². The minimum Gasteiger partial charge on any atom is -0.460 e.